The molecule has 1 amide bonds. The summed E-state index contributed by atoms with van der Waals surface area (Å²) < 4.78 is 0. The minimum atomic E-state index is -0.755. The molecule has 0 saturated carbocycles. The van der Waals surface area contributed by atoms with Gasteiger partial charge in [-0.15, -0.1) is 0 Å². The number of piperidine rings is 1. The van der Waals surface area contributed by atoms with Crippen molar-refractivity contribution >= 4 is 23.4 Å². The van der Waals surface area contributed by atoms with Crippen LogP contribution in [0.15, 0.2) is 18.3 Å². The Morgan fingerprint density at radius 2 is 2.30 bits per heavy atom. The number of pyridine rings is 1. The first-order valence-electron chi connectivity index (χ1n) is 6.54. The van der Waals surface area contributed by atoms with E-state index < -0.39 is 5.97 Å². The molecule has 1 aliphatic rings. The molecule has 0 aliphatic carbocycles. The summed E-state index contributed by atoms with van der Waals surface area (Å²) >= 11 is 0. The predicted molar refractivity (Wildman–Crippen MR) is 74.5 cm³/mol. The number of nitrogens with two attached hydrogens (primary N) is 1. The van der Waals surface area contributed by atoms with Crippen molar-refractivity contribution in [2.24, 2.45) is 11.7 Å². The van der Waals surface area contributed by atoms with Gasteiger partial charge >= 0.3 is 5.97 Å². The Kier molecular flexibility index (Phi) is 4.52. The van der Waals surface area contributed by atoms with Gasteiger partial charge in [-0.05, 0) is 25.0 Å². The van der Waals surface area contributed by atoms with Crippen LogP contribution in [-0.4, -0.2) is 41.6 Å². The summed E-state index contributed by atoms with van der Waals surface area (Å²) in [7, 11) is 0. The van der Waals surface area contributed by atoms with Crippen molar-refractivity contribution in [3.63, 3.8) is 0 Å². The van der Waals surface area contributed by atoms with Crippen molar-refractivity contribution in [3.05, 3.63) is 18.3 Å². The average Bonchev–Trinajstić information content (AvgIpc) is 2.48. The first-order valence-corrected chi connectivity index (χ1v) is 6.54. The number of nitrogens with one attached hydrogen (secondary N) is 1. The van der Waals surface area contributed by atoms with Gasteiger partial charge < -0.3 is 21.1 Å². The van der Waals surface area contributed by atoms with E-state index in [2.05, 4.69) is 10.3 Å². The van der Waals surface area contributed by atoms with E-state index in [-0.39, 0.29) is 18.4 Å². The lowest BCUT2D eigenvalue weighted by atomic mass is 9.98. The van der Waals surface area contributed by atoms with Gasteiger partial charge in [0.05, 0.1) is 24.3 Å². The third-order valence-corrected chi connectivity index (χ3v) is 3.34. The number of carbonyl (C=O) groups excluding carboxylic acids is 1. The van der Waals surface area contributed by atoms with E-state index in [1.165, 1.54) is 0 Å². The van der Waals surface area contributed by atoms with Crippen LogP contribution in [0.5, 0.6) is 0 Å². The molecule has 108 valence electrons. The summed E-state index contributed by atoms with van der Waals surface area (Å²) in [5.74, 6) is -0.944. The highest BCUT2D eigenvalue weighted by Crippen LogP contribution is 2.23. The number of carboxylic acids is 1. The van der Waals surface area contributed by atoms with Crippen molar-refractivity contribution < 1.29 is 14.7 Å². The number of anilines is 2. The smallest absolute Gasteiger partial charge is 0.308 e. The Hall–Kier alpha value is -2.15. The zero-order chi connectivity index (χ0) is 14.5. The second-order valence-electron chi connectivity index (χ2n) is 4.78. The zero-order valence-electron chi connectivity index (χ0n) is 11.1. The Morgan fingerprint density at radius 1 is 1.50 bits per heavy atom. The normalized spacial score (nSPS) is 18.6. The molecule has 0 spiro atoms. The minimum Gasteiger partial charge on any atom is -0.481 e. The lowest BCUT2D eigenvalue weighted by Gasteiger charge is -2.32. The second-order valence-corrected chi connectivity index (χ2v) is 4.78. The first-order chi connectivity index (χ1) is 9.60. The van der Waals surface area contributed by atoms with Gasteiger partial charge in [-0.1, -0.05) is 0 Å². The molecule has 1 aromatic heterocycles. The second kappa shape index (κ2) is 6.33. The van der Waals surface area contributed by atoms with Crippen LogP contribution in [0.2, 0.25) is 0 Å². The standard InChI is InChI=1S/C13H18N4O3/c14-6-12(18)16-11-4-3-10(7-15-11)17-5-1-2-9(8-17)13(19)20/h3-4,7,9H,1-2,5-6,8,14H2,(H,19,20)(H,15,16,18). The third kappa shape index (κ3) is 3.45. The highest BCUT2D eigenvalue weighted by molar-refractivity contribution is 5.91. The molecule has 0 bridgehead atoms. The number of amides is 1. The number of carbonyl (C=O) groups is 2. The van der Waals surface area contributed by atoms with E-state index in [9.17, 15) is 9.59 Å². The number of nitrogens with zero attached hydrogens (tertiary/aromatic N) is 2. The number of rotatable bonds is 4. The molecule has 20 heavy (non-hydrogen) atoms. The summed E-state index contributed by atoms with van der Waals surface area (Å²) in [5.41, 5.74) is 6.07. The van der Waals surface area contributed by atoms with Gasteiger partial charge in [0.2, 0.25) is 5.91 Å². The fourth-order valence-electron chi connectivity index (χ4n) is 2.25. The van der Waals surface area contributed by atoms with Crippen LogP contribution in [0.1, 0.15) is 12.8 Å². The Bertz CT molecular complexity index is 489. The van der Waals surface area contributed by atoms with Gasteiger partial charge in [-0.25, -0.2) is 4.98 Å². The number of aliphatic carboxylic acids is 1. The number of hydrogen-bond donors (Lipinski definition) is 3. The number of carboxylic acid groups (broad SMARTS) is 1. The van der Waals surface area contributed by atoms with Crippen molar-refractivity contribution in [1.82, 2.24) is 4.98 Å². The predicted octanol–water partition coefficient (Wildman–Crippen LogP) is 0.280. The lowest BCUT2D eigenvalue weighted by Crippen LogP contribution is -2.38. The number of aromatic nitrogens is 1. The van der Waals surface area contributed by atoms with Crippen LogP contribution >= 0.6 is 0 Å². The van der Waals surface area contributed by atoms with Crippen LogP contribution in [-0.2, 0) is 9.59 Å². The molecule has 0 aromatic carbocycles. The third-order valence-electron chi connectivity index (χ3n) is 3.34. The largest absolute Gasteiger partial charge is 0.481 e. The molecule has 4 N–H and O–H groups in total. The molecule has 1 saturated heterocycles. The average molecular weight is 278 g/mol. The molecule has 2 rings (SSSR count). The molecule has 0 radical (unpaired) electrons. The minimum absolute atomic E-state index is 0.0875. The van der Waals surface area contributed by atoms with E-state index >= 15 is 0 Å². The van der Waals surface area contributed by atoms with Crippen molar-refractivity contribution in [1.29, 1.82) is 0 Å². The van der Waals surface area contributed by atoms with Crippen LogP contribution in [0.4, 0.5) is 11.5 Å². The lowest BCUT2D eigenvalue weighted by molar-refractivity contribution is -0.142. The van der Waals surface area contributed by atoms with E-state index in [4.69, 9.17) is 10.8 Å². The molecular weight excluding hydrogens is 260 g/mol. The Balaban J connectivity index is 2.02. The van der Waals surface area contributed by atoms with Gasteiger partial charge in [0.15, 0.2) is 0 Å². The summed E-state index contributed by atoms with van der Waals surface area (Å²) in [5, 5.41) is 11.6. The molecular formula is C13H18N4O3. The fourth-order valence-corrected chi connectivity index (χ4v) is 2.25. The highest BCUT2D eigenvalue weighted by atomic mass is 16.4. The molecule has 1 unspecified atom stereocenters. The zero-order valence-corrected chi connectivity index (χ0v) is 11.1. The van der Waals surface area contributed by atoms with Crippen LogP contribution < -0.4 is 16.0 Å². The molecule has 1 fully saturated rings. The summed E-state index contributed by atoms with van der Waals surface area (Å²) in [6, 6.07) is 3.51. The SMILES string of the molecule is NCC(=O)Nc1ccc(N2CCCC(C(=O)O)C2)cn1. The van der Waals surface area contributed by atoms with Crippen molar-refractivity contribution in [3.8, 4) is 0 Å². The molecule has 1 aliphatic heterocycles. The summed E-state index contributed by atoms with van der Waals surface area (Å²) in [4.78, 5) is 28.3. The Labute approximate surface area is 116 Å². The maximum atomic E-state index is 11.1. The Morgan fingerprint density at radius 3 is 2.90 bits per heavy atom. The quantitative estimate of drug-likeness (QED) is 0.730. The van der Waals surface area contributed by atoms with Gasteiger partial charge in [0, 0.05) is 13.1 Å². The molecule has 7 heteroatoms. The van der Waals surface area contributed by atoms with Gasteiger partial charge in [-0.3, -0.25) is 9.59 Å². The maximum absolute atomic E-state index is 11.1. The fraction of sp³-hybridized carbons (Fsp3) is 0.462. The monoisotopic (exact) mass is 278 g/mol. The molecule has 7 nitrogen and oxygen atoms in total. The van der Waals surface area contributed by atoms with Crippen LogP contribution in [0, 0.1) is 5.92 Å². The van der Waals surface area contributed by atoms with Gasteiger partial charge in [0.1, 0.15) is 5.82 Å². The first kappa shape index (κ1) is 14.3. The van der Waals surface area contributed by atoms with E-state index in [1.54, 1.807) is 12.3 Å². The topological polar surface area (TPSA) is 109 Å². The molecule has 1 aromatic rings. The summed E-state index contributed by atoms with van der Waals surface area (Å²) in [6.07, 6.45) is 3.20. The van der Waals surface area contributed by atoms with E-state index in [1.807, 2.05) is 11.0 Å². The van der Waals surface area contributed by atoms with Gasteiger partial charge in [0.25, 0.3) is 0 Å². The molecule has 2 heterocycles. The van der Waals surface area contributed by atoms with E-state index in [0.29, 0.717) is 18.8 Å². The van der Waals surface area contributed by atoms with Crippen molar-refractivity contribution in [2.75, 3.05) is 29.9 Å². The van der Waals surface area contributed by atoms with Gasteiger partial charge in [-0.2, -0.15) is 0 Å². The number of hydrogen-bond acceptors (Lipinski definition) is 5. The van der Waals surface area contributed by atoms with Crippen LogP contribution in [0.25, 0.3) is 0 Å². The maximum Gasteiger partial charge on any atom is 0.308 e. The molecule has 1 atom stereocenters. The van der Waals surface area contributed by atoms with Crippen LogP contribution in [0.3, 0.4) is 0 Å². The van der Waals surface area contributed by atoms with E-state index in [0.717, 1.165) is 18.7 Å². The highest BCUT2D eigenvalue weighted by Gasteiger charge is 2.25. The van der Waals surface area contributed by atoms with Crippen molar-refractivity contribution in [2.45, 2.75) is 12.8 Å². The summed E-state index contributed by atoms with van der Waals surface area (Å²) in [6.45, 7) is 1.22.